The molecule has 0 aliphatic rings. The average molecular weight is 613 g/mol. The fraction of sp³-hybridized carbons (Fsp3) is 0.207. The molecule has 0 atom stereocenters. The topological polar surface area (TPSA) is 129 Å². The first-order valence-corrected chi connectivity index (χ1v) is 14.3. The van der Waals surface area contributed by atoms with E-state index in [0.29, 0.717) is 17.1 Å². The molecule has 0 aliphatic heterocycles. The summed E-state index contributed by atoms with van der Waals surface area (Å²) in [5, 5.41) is 5.03. The summed E-state index contributed by atoms with van der Waals surface area (Å²) < 4.78 is 50.1. The van der Waals surface area contributed by atoms with E-state index in [2.05, 4.69) is 15.5 Å². The van der Waals surface area contributed by atoms with Gasteiger partial charge in [-0.25, -0.2) is 18.8 Å². The van der Waals surface area contributed by atoms with Gasteiger partial charge in [0.15, 0.2) is 11.5 Å². The number of benzene rings is 3. The van der Waals surface area contributed by atoms with Crippen molar-refractivity contribution in [2.45, 2.75) is 11.8 Å². The number of nitrogens with zero attached hydrogens (tertiary/aromatic N) is 3. The molecule has 4 aromatic rings. The first-order chi connectivity index (χ1) is 20.1. The Balaban J connectivity index is 1.67. The minimum absolute atomic E-state index is 0.0721. The molecule has 220 valence electrons. The second kappa shape index (κ2) is 13.0. The number of aryl methyl sites for hydroxylation is 1. The van der Waals surface area contributed by atoms with Gasteiger partial charge in [-0.1, -0.05) is 23.7 Å². The molecule has 0 radical (unpaired) electrons. The van der Waals surface area contributed by atoms with Crippen LogP contribution in [0.5, 0.6) is 23.0 Å². The number of pyridine rings is 1. The van der Waals surface area contributed by atoms with E-state index < -0.39 is 22.5 Å². The molecule has 0 saturated heterocycles. The molecule has 11 nitrogen and oxygen atoms in total. The number of carbonyl (C=O) groups excluding carboxylic acids is 1. The van der Waals surface area contributed by atoms with Crippen LogP contribution in [0, 0.1) is 6.92 Å². The van der Waals surface area contributed by atoms with Crippen molar-refractivity contribution in [2.75, 3.05) is 39.3 Å². The fourth-order valence-corrected chi connectivity index (χ4v) is 5.73. The number of hydrogen-bond acceptors (Lipinski definition) is 9. The van der Waals surface area contributed by atoms with E-state index in [1.807, 2.05) is 25.1 Å². The van der Waals surface area contributed by atoms with Gasteiger partial charge < -0.3 is 18.9 Å². The summed E-state index contributed by atoms with van der Waals surface area (Å²) >= 11 is 6.32. The Kier molecular flexibility index (Phi) is 9.38. The van der Waals surface area contributed by atoms with Crippen LogP contribution in [0.3, 0.4) is 0 Å². The molecule has 4 rings (SSSR count). The van der Waals surface area contributed by atoms with E-state index in [1.54, 1.807) is 12.1 Å². The van der Waals surface area contributed by atoms with Gasteiger partial charge in [0.05, 0.1) is 50.8 Å². The molecule has 0 saturated carbocycles. The van der Waals surface area contributed by atoms with Gasteiger partial charge in [0, 0.05) is 23.1 Å². The summed E-state index contributed by atoms with van der Waals surface area (Å²) in [5.74, 6) is 0.346. The van der Waals surface area contributed by atoms with Crippen LogP contribution in [0.2, 0.25) is 5.15 Å². The molecule has 42 heavy (non-hydrogen) atoms. The number of nitrogens with one attached hydrogen (secondary N) is 1. The monoisotopic (exact) mass is 612 g/mol. The molecule has 0 spiro atoms. The number of amides is 1. The molecular formula is C29H29ClN4O7S. The summed E-state index contributed by atoms with van der Waals surface area (Å²) in [4.78, 5) is 17.3. The number of rotatable bonds is 11. The number of fused-ring (bicyclic) bond motifs is 1. The van der Waals surface area contributed by atoms with Crippen molar-refractivity contribution in [1.82, 2.24) is 10.4 Å². The lowest BCUT2D eigenvalue weighted by Gasteiger charge is -2.26. The van der Waals surface area contributed by atoms with Gasteiger partial charge in [-0.3, -0.25) is 9.10 Å². The van der Waals surface area contributed by atoms with Crippen molar-refractivity contribution in [3.8, 4) is 23.0 Å². The van der Waals surface area contributed by atoms with Crippen molar-refractivity contribution < 1.29 is 32.2 Å². The lowest BCUT2D eigenvalue weighted by Crippen LogP contribution is -2.39. The maximum atomic E-state index is 14.0. The largest absolute Gasteiger partial charge is 0.497 e. The number of aromatic nitrogens is 1. The molecule has 1 aromatic heterocycles. The Labute approximate surface area is 248 Å². The lowest BCUT2D eigenvalue weighted by atomic mass is 10.1. The summed E-state index contributed by atoms with van der Waals surface area (Å²) in [5.41, 5.74) is 4.68. The van der Waals surface area contributed by atoms with E-state index in [4.69, 9.17) is 30.5 Å². The molecular weight excluding hydrogens is 584 g/mol. The van der Waals surface area contributed by atoms with E-state index >= 15 is 0 Å². The number of methoxy groups -OCH3 is 4. The smallest absolute Gasteiger partial charge is 0.265 e. The second-order valence-corrected chi connectivity index (χ2v) is 11.1. The number of sulfonamides is 1. The molecule has 1 N–H and O–H groups in total. The highest BCUT2D eigenvalue weighted by Gasteiger charge is 2.31. The third-order valence-corrected chi connectivity index (χ3v) is 8.29. The molecule has 0 unspecified atom stereocenters. The summed E-state index contributed by atoms with van der Waals surface area (Å²) in [7, 11) is 1.30. The quantitative estimate of drug-likeness (QED) is 0.148. The van der Waals surface area contributed by atoms with Gasteiger partial charge in [-0.2, -0.15) is 5.10 Å². The van der Waals surface area contributed by atoms with E-state index in [9.17, 15) is 13.2 Å². The predicted octanol–water partition coefficient (Wildman–Crippen LogP) is 4.58. The summed E-state index contributed by atoms with van der Waals surface area (Å²) in [6.07, 6.45) is 1.34. The van der Waals surface area contributed by atoms with Crippen LogP contribution in [-0.4, -0.2) is 60.5 Å². The normalized spacial score (nSPS) is 11.4. The van der Waals surface area contributed by atoms with Crippen molar-refractivity contribution >= 4 is 50.3 Å². The van der Waals surface area contributed by atoms with Gasteiger partial charge in [0.1, 0.15) is 23.2 Å². The zero-order valence-electron chi connectivity index (χ0n) is 23.5. The molecule has 1 amide bonds. The highest BCUT2D eigenvalue weighted by atomic mass is 35.5. The van der Waals surface area contributed by atoms with Crippen LogP contribution in [0.4, 0.5) is 5.69 Å². The Bertz CT molecular complexity index is 1760. The molecule has 3 aromatic carbocycles. The van der Waals surface area contributed by atoms with Crippen LogP contribution in [-0.2, 0) is 14.8 Å². The lowest BCUT2D eigenvalue weighted by molar-refractivity contribution is -0.119. The molecule has 0 bridgehead atoms. The van der Waals surface area contributed by atoms with Gasteiger partial charge in [0.2, 0.25) is 0 Å². The van der Waals surface area contributed by atoms with Crippen molar-refractivity contribution in [2.24, 2.45) is 5.10 Å². The van der Waals surface area contributed by atoms with E-state index in [0.717, 1.165) is 20.8 Å². The first-order valence-electron chi connectivity index (χ1n) is 12.5. The van der Waals surface area contributed by atoms with Crippen molar-refractivity contribution in [3.63, 3.8) is 0 Å². The van der Waals surface area contributed by atoms with Gasteiger partial charge in [0.25, 0.3) is 15.9 Å². The van der Waals surface area contributed by atoms with Crippen LogP contribution in [0.1, 0.15) is 11.1 Å². The number of carbonyl (C=O) groups is 1. The maximum absolute atomic E-state index is 14.0. The number of ether oxygens (including phenoxy) is 4. The summed E-state index contributed by atoms with van der Waals surface area (Å²) in [6.45, 7) is 1.30. The molecule has 0 aliphatic carbocycles. The van der Waals surface area contributed by atoms with Crippen LogP contribution in [0.15, 0.2) is 70.7 Å². The summed E-state index contributed by atoms with van der Waals surface area (Å²) in [6, 6.07) is 16.3. The van der Waals surface area contributed by atoms with Gasteiger partial charge in [-0.05, 0) is 48.9 Å². The number of hydrogen-bond donors (Lipinski definition) is 1. The van der Waals surface area contributed by atoms with E-state index in [-0.39, 0.29) is 27.2 Å². The Hall–Kier alpha value is -4.55. The maximum Gasteiger partial charge on any atom is 0.265 e. The highest BCUT2D eigenvalue weighted by molar-refractivity contribution is 7.92. The molecule has 0 fully saturated rings. The molecule has 13 heteroatoms. The highest BCUT2D eigenvalue weighted by Crippen LogP contribution is 2.37. The van der Waals surface area contributed by atoms with Gasteiger partial charge >= 0.3 is 0 Å². The zero-order valence-corrected chi connectivity index (χ0v) is 25.1. The Morgan fingerprint density at radius 3 is 2.33 bits per heavy atom. The third-order valence-electron chi connectivity index (χ3n) is 6.23. The fourth-order valence-electron chi connectivity index (χ4n) is 4.10. The minimum Gasteiger partial charge on any atom is -0.497 e. The van der Waals surface area contributed by atoms with Crippen LogP contribution >= 0.6 is 11.6 Å². The number of hydrazone groups is 1. The Morgan fingerprint density at radius 2 is 1.64 bits per heavy atom. The first kappa shape index (κ1) is 30.4. The number of halogens is 1. The van der Waals surface area contributed by atoms with Gasteiger partial charge in [-0.15, -0.1) is 0 Å². The standard InChI is InChI=1S/C29H29ClN4O7S/c1-18-6-7-19-13-20(29(30)32-23(19)12-18)16-31-33-28(35)17-34(24-14-21(38-2)8-10-25(24)39-3)42(36,37)22-9-11-26(40-4)27(15-22)41-5/h6-16H,17H2,1-5H3,(H,33,35)/b31-16-. The minimum atomic E-state index is -4.36. The second-order valence-electron chi connectivity index (χ2n) is 8.92. The van der Waals surface area contributed by atoms with E-state index in [1.165, 1.54) is 65.0 Å². The molecule has 1 heterocycles. The Morgan fingerprint density at radius 1 is 0.929 bits per heavy atom. The van der Waals surface area contributed by atoms with Crippen molar-refractivity contribution in [3.05, 3.63) is 76.9 Å². The van der Waals surface area contributed by atoms with Crippen molar-refractivity contribution in [1.29, 1.82) is 0 Å². The number of anilines is 1. The van der Waals surface area contributed by atoms with Crippen LogP contribution < -0.4 is 28.7 Å². The zero-order chi connectivity index (χ0) is 30.4. The average Bonchev–Trinajstić information content (AvgIpc) is 2.99. The third kappa shape index (κ3) is 6.50. The van der Waals surface area contributed by atoms with Crippen LogP contribution in [0.25, 0.3) is 10.9 Å². The predicted molar refractivity (Wildman–Crippen MR) is 161 cm³/mol. The SMILES string of the molecule is COc1ccc(OC)c(N(CC(=O)N/N=C\c2cc3ccc(C)cc3nc2Cl)S(=O)(=O)c2ccc(OC)c(OC)c2)c1.